The Balaban J connectivity index is 1.82. The second kappa shape index (κ2) is 4.82. The van der Waals surface area contributed by atoms with Gasteiger partial charge in [-0.3, -0.25) is 4.40 Å². The van der Waals surface area contributed by atoms with Gasteiger partial charge in [0.15, 0.2) is 12.3 Å². The number of hydrogen-bond acceptors (Lipinski definition) is 2. The largest absolute Gasteiger partial charge is 0.316 e. The normalized spacial score (nSPS) is 24.5. The van der Waals surface area contributed by atoms with Crippen molar-refractivity contribution in [1.82, 2.24) is 14.2 Å². The molecule has 0 unspecified atom stereocenters. The Morgan fingerprint density at radius 2 is 2.17 bits per heavy atom. The molecule has 1 fully saturated rings. The maximum absolute atomic E-state index is 5.47. The van der Waals surface area contributed by atoms with E-state index in [2.05, 4.69) is 12.0 Å². The summed E-state index contributed by atoms with van der Waals surface area (Å²) in [6, 6.07) is 5.99. The van der Waals surface area contributed by atoms with E-state index >= 15 is 0 Å². The molecular formula is C13H19N4S+. The molecule has 1 aliphatic rings. The van der Waals surface area contributed by atoms with E-state index in [0.717, 1.165) is 23.0 Å². The van der Waals surface area contributed by atoms with Gasteiger partial charge in [0, 0.05) is 6.20 Å². The van der Waals surface area contributed by atoms with Crippen molar-refractivity contribution in [2.24, 2.45) is 5.92 Å². The molecule has 0 bridgehead atoms. The van der Waals surface area contributed by atoms with Crippen LogP contribution >= 0.6 is 12.2 Å². The van der Waals surface area contributed by atoms with E-state index in [1.165, 1.54) is 25.9 Å². The zero-order valence-corrected chi connectivity index (χ0v) is 11.5. The van der Waals surface area contributed by atoms with Crippen LogP contribution in [0.5, 0.6) is 0 Å². The Bertz CT molecular complexity index is 592. The van der Waals surface area contributed by atoms with Gasteiger partial charge in [0.2, 0.25) is 4.77 Å². The van der Waals surface area contributed by atoms with Gasteiger partial charge in [-0.15, -0.1) is 5.10 Å². The molecule has 4 nitrogen and oxygen atoms in total. The summed E-state index contributed by atoms with van der Waals surface area (Å²) in [5.74, 6) is 0.878. The van der Waals surface area contributed by atoms with Crippen LogP contribution in [-0.2, 0) is 6.67 Å². The third kappa shape index (κ3) is 2.20. The second-order valence-electron chi connectivity index (χ2n) is 5.30. The minimum absolute atomic E-state index is 0.803. The van der Waals surface area contributed by atoms with E-state index in [1.54, 1.807) is 4.90 Å². The molecule has 1 saturated heterocycles. The first kappa shape index (κ1) is 11.9. The number of piperidine rings is 1. The molecule has 1 aliphatic heterocycles. The molecule has 0 saturated carbocycles. The molecule has 0 atom stereocenters. The van der Waals surface area contributed by atoms with Gasteiger partial charge in [-0.05, 0) is 43.1 Å². The molecule has 5 heteroatoms. The number of rotatable bonds is 2. The number of nitrogens with one attached hydrogen (secondary N) is 1. The van der Waals surface area contributed by atoms with Crippen LogP contribution in [-0.4, -0.2) is 27.3 Å². The lowest BCUT2D eigenvalue weighted by Gasteiger charge is -2.26. The zero-order chi connectivity index (χ0) is 12.5. The van der Waals surface area contributed by atoms with Gasteiger partial charge in [0.05, 0.1) is 13.1 Å². The predicted molar refractivity (Wildman–Crippen MR) is 73.1 cm³/mol. The number of fused-ring (bicyclic) bond motifs is 1. The first-order chi connectivity index (χ1) is 8.74. The molecule has 0 radical (unpaired) electrons. The number of nitrogens with zero attached hydrogens (tertiary/aromatic N) is 3. The summed E-state index contributed by atoms with van der Waals surface area (Å²) in [5, 5.41) is 4.58. The summed E-state index contributed by atoms with van der Waals surface area (Å²) in [5.41, 5.74) is 0.937. The molecule has 3 rings (SSSR count). The van der Waals surface area contributed by atoms with Gasteiger partial charge >= 0.3 is 0 Å². The molecule has 18 heavy (non-hydrogen) atoms. The van der Waals surface area contributed by atoms with Crippen molar-refractivity contribution in [2.45, 2.75) is 26.4 Å². The molecule has 0 aliphatic carbocycles. The van der Waals surface area contributed by atoms with Crippen LogP contribution in [0.4, 0.5) is 0 Å². The van der Waals surface area contributed by atoms with Gasteiger partial charge in [-0.25, -0.2) is 0 Å². The van der Waals surface area contributed by atoms with Crippen LogP contribution in [0.1, 0.15) is 19.8 Å². The van der Waals surface area contributed by atoms with Crippen molar-refractivity contribution in [3.63, 3.8) is 0 Å². The summed E-state index contributed by atoms with van der Waals surface area (Å²) in [4.78, 5) is 1.59. The summed E-state index contributed by atoms with van der Waals surface area (Å²) < 4.78 is 4.74. The van der Waals surface area contributed by atoms with Crippen molar-refractivity contribution in [3.8, 4) is 0 Å². The van der Waals surface area contributed by atoms with Crippen LogP contribution < -0.4 is 4.90 Å². The molecule has 0 amide bonds. The summed E-state index contributed by atoms with van der Waals surface area (Å²) >= 11 is 5.47. The van der Waals surface area contributed by atoms with E-state index in [0.29, 0.717) is 0 Å². The van der Waals surface area contributed by atoms with E-state index in [9.17, 15) is 0 Å². The fraction of sp³-hybridized carbons (Fsp3) is 0.538. The molecular weight excluding hydrogens is 244 g/mol. The number of pyridine rings is 1. The topological polar surface area (TPSA) is 26.7 Å². The smallest absolute Gasteiger partial charge is 0.207 e. The maximum Gasteiger partial charge on any atom is 0.207 e. The monoisotopic (exact) mass is 263 g/mol. The lowest BCUT2D eigenvalue weighted by Crippen LogP contribution is -3.12. The van der Waals surface area contributed by atoms with Gasteiger partial charge in [-0.2, -0.15) is 4.68 Å². The second-order valence-corrected chi connectivity index (χ2v) is 5.67. The minimum Gasteiger partial charge on any atom is -0.316 e. The highest BCUT2D eigenvalue weighted by atomic mass is 32.1. The third-order valence-electron chi connectivity index (χ3n) is 3.84. The van der Waals surface area contributed by atoms with E-state index in [4.69, 9.17) is 12.2 Å². The van der Waals surface area contributed by atoms with Gasteiger partial charge in [-0.1, -0.05) is 13.0 Å². The number of hydrogen-bond donors (Lipinski definition) is 1. The highest BCUT2D eigenvalue weighted by Crippen LogP contribution is 2.07. The minimum atomic E-state index is 0.803. The van der Waals surface area contributed by atoms with Crippen LogP contribution in [0.3, 0.4) is 0 Å². The van der Waals surface area contributed by atoms with Crippen LogP contribution in [0.15, 0.2) is 24.4 Å². The van der Waals surface area contributed by atoms with Crippen LogP contribution in [0.2, 0.25) is 0 Å². The zero-order valence-electron chi connectivity index (χ0n) is 10.7. The lowest BCUT2D eigenvalue weighted by molar-refractivity contribution is -0.929. The third-order valence-corrected chi connectivity index (χ3v) is 4.25. The SMILES string of the molecule is CC1CC[NH+](Cn2nc3ccccn3c2=S)CC1. The Hall–Kier alpha value is -1.20. The summed E-state index contributed by atoms with van der Waals surface area (Å²) in [7, 11) is 0. The number of aromatic nitrogens is 3. The van der Waals surface area contributed by atoms with Crippen LogP contribution in [0.25, 0.3) is 5.65 Å². The highest BCUT2D eigenvalue weighted by Gasteiger charge is 2.19. The van der Waals surface area contributed by atoms with E-state index in [1.807, 2.05) is 33.5 Å². The standard InChI is InChI=1S/C13H18N4S/c1-11-5-8-15(9-6-11)10-17-13(18)16-7-3-2-4-12(16)14-17/h2-4,7,11H,5-6,8-10H2,1H3/p+1. The molecule has 2 aromatic rings. The van der Waals surface area contributed by atoms with E-state index in [-0.39, 0.29) is 0 Å². The van der Waals surface area contributed by atoms with Crippen LogP contribution in [0, 0.1) is 10.7 Å². The van der Waals surface area contributed by atoms with E-state index < -0.39 is 0 Å². The molecule has 0 aromatic carbocycles. The fourth-order valence-electron chi connectivity index (χ4n) is 2.61. The predicted octanol–water partition coefficient (Wildman–Crippen LogP) is 1.14. The quantitative estimate of drug-likeness (QED) is 0.823. The van der Waals surface area contributed by atoms with Gasteiger partial charge in [0.1, 0.15) is 0 Å². The Labute approximate surface area is 112 Å². The van der Waals surface area contributed by atoms with Crippen molar-refractivity contribution < 1.29 is 4.90 Å². The Morgan fingerprint density at radius 3 is 2.89 bits per heavy atom. The molecule has 3 heterocycles. The average molecular weight is 263 g/mol. The summed E-state index contributed by atoms with van der Waals surface area (Å²) in [6.45, 7) is 5.70. The molecule has 0 spiro atoms. The highest BCUT2D eigenvalue weighted by molar-refractivity contribution is 7.71. The van der Waals surface area contributed by atoms with Crippen molar-refractivity contribution in [3.05, 3.63) is 29.2 Å². The van der Waals surface area contributed by atoms with Crippen molar-refractivity contribution >= 4 is 17.9 Å². The van der Waals surface area contributed by atoms with Gasteiger partial charge < -0.3 is 4.90 Å². The Morgan fingerprint density at radius 1 is 1.39 bits per heavy atom. The van der Waals surface area contributed by atoms with Gasteiger partial charge in [0.25, 0.3) is 0 Å². The summed E-state index contributed by atoms with van der Waals surface area (Å²) in [6.07, 6.45) is 4.61. The molecule has 1 N–H and O–H groups in total. The first-order valence-corrected chi connectivity index (χ1v) is 7.02. The fourth-order valence-corrected chi connectivity index (χ4v) is 2.87. The molecule has 2 aromatic heterocycles. The Kier molecular flexibility index (Phi) is 3.18. The first-order valence-electron chi connectivity index (χ1n) is 6.62. The lowest BCUT2D eigenvalue weighted by atomic mass is 10.00. The average Bonchev–Trinajstić information content (AvgIpc) is 2.70. The van der Waals surface area contributed by atoms with Crippen molar-refractivity contribution in [2.75, 3.05) is 13.1 Å². The molecule has 96 valence electrons. The maximum atomic E-state index is 5.47. The number of quaternary nitrogens is 1. The van der Waals surface area contributed by atoms with Crippen molar-refractivity contribution in [1.29, 1.82) is 0 Å². The number of likely N-dealkylation sites (tertiary alicyclic amines) is 1.